The number of hydrogen-bond donors (Lipinski definition) is 1. The molecule has 1 saturated carbocycles. The number of aromatic nitrogens is 1. The minimum atomic E-state index is -0.105. The average Bonchev–Trinajstić information content (AvgIpc) is 3.32. The average molecular weight is 273 g/mol. The SMILES string of the molecule is O=C(Nc1cccnc1)[C@H]1CCCN(C(=O)C2CC2)C1. The Balaban J connectivity index is 1.58. The van der Waals surface area contributed by atoms with Crippen molar-refractivity contribution in [3.63, 3.8) is 0 Å². The first-order valence-corrected chi connectivity index (χ1v) is 7.24. The van der Waals surface area contributed by atoms with E-state index in [4.69, 9.17) is 0 Å². The lowest BCUT2D eigenvalue weighted by atomic mass is 9.96. The van der Waals surface area contributed by atoms with Gasteiger partial charge in [0.25, 0.3) is 0 Å². The van der Waals surface area contributed by atoms with Crippen LogP contribution in [-0.2, 0) is 9.59 Å². The highest BCUT2D eigenvalue weighted by Crippen LogP contribution is 2.32. The lowest BCUT2D eigenvalue weighted by Crippen LogP contribution is -2.44. The van der Waals surface area contributed by atoms with E-state index in [0.717, 1.165) is 32.2 Å². The fourth-order valence-electron chi connectivity index (χ4n) is 2.66. The Morgan fingerprint density at radius 3 is 2.80 bits per heavy atom. The number of likely N-dealkylation sites (tertiary alicyclic amines) is 1. The van der Waals surface area contributed by atoms with E-state index in [1.165, 1.54) is 0 Å². The summed E-state index contributed by atoms with van der Waals surface area (Å²) in [5, 5.41) is 2.88. The third kappa shape index (κ3) is 2.98. The van der Waals surface area contributed by atoms with Crippen LogP contribution in [0, 0.1) is 11.8 Å². The molecule has 2 fully saturated rings. The number of amides is 2. The van der Waals surface area contributed by atoms with Crippen LogP contribution < -0.4 is 5.32 Å². The van der Waals surface area contributed by atoms with E-state index in [1.807, 2.05) is 11.0 Å². The van der Waals surface area contributed by atoms with Gasteiger partial charge in [0.1, 0.15) is 0 Å². The Kier molecular flexibility index (Phi) is 3.67. The first-order chi connectivity index (χ1) is 9.74. The van der Waals surface area contributed by atoms with Crippen LogP contribution in [0.3, 0.4) is 0 Å². The van der Waals surface area contributed by atoms with Crippen molar-refractivity contribution in [1.29, 1.82) is 0 Å². The summed E-state index contributed by atoms with van der Waals surface area (Å²) < 4.78 is 0. The predicted octanol–water partition coefficient (Wildman–Crippen LogP) is 1.67. The van der Waals surface area contributed by atoms with Gasteiger partial charge in [-0.15, -0.1) is 0 Å². The fraction of sp³-hybridized carbons (Fsp3) is 0.533. The van der Waals surface area contributed by atoms with E-state index in [-0.39, 0.29) is 23.7 Å². The van der Waals surface area contributed by atoms with Gasteiger partial charge in [-0.3, -0.25) is 14.6 Å². The molecule has 2 heterocycles. The summed E-state index contributed by atoms with van der Waals surface area (Å²) in [5.41, 5.74) is 0.711. The number of carbonyl (C=O) groups excluding carboxylic acids is 2. The molecule has 5 heteroatoms. The summed E-state index contributed by atoms with van der Waals surface area (Å²) in [6.45, 7) is 1.35. The van der Waals surface area contributed by atoms with Crippen LogP contribution in [0.25, 0.3) is 0 Å². The van der Waals surface area contributed by atoms with E-state index in [2.05, 4.69) is 10.3 Å². The summed E-state index contributed by atoms with van der Waals surface area (Å²) in [7, 11) is 0. The summed E-state index contributed by atoms with van der Waals surface area (Å²) in [5.74, 6) is 0.358. The molecule has 1 saturated heterocycles. The maximum Gasteiger partial charge on any atom is 0.229 e. The van der Waals surface area contributed by atoms with Gasteiger partial charge < -0.3 is 10.2 Å². The number of rotatable bonds is 3. The van der Waals surface area contributed by atoms with Crippen molar-refractivity contribution in [1.82, 2.24) is 9.88 Å². The Bertz CT molecular complexity index is 499. The zero-order chi connectivity index (χ0) is 13.9. The van der Waals surface area contributed by atoms with Crippen LogP contribution in [0.2, 0.25) is 0 Å². The summed E-state index contributed by atoms with van der Waals surface area (Å²) in [4.78, 5) is 30.2. The molecule has 1 aliphatic carbocycles. The summed E-state index contributed by atoms with van der Waals surface area (Å²) in [6.07, 6.45) is 7.09. The molecule has 2 aliphatic rings. The maximum atomic E-state index is 12.2. The van der Waals surface area contributed by atoms with Crippen LogP contribution in [0.5, 0.6) is 0 Å². The Hall–Kier alpha value is -1.91. The van der Waals surface area contributed by atoms with Gasteiger partial charge in [-0.2, -0.15) is 0 Å². The van der Waals surface area contributed by atoms with Crippen LogP contribution in [0.1, 0.15) is 25.7 Å². The minimum Gasteiger partial charge on any atom is -0.342 e. The number of anilines is 1. The monoisotopic (exact) mass is 273 g/mol. The highest BCUT2D eigenvalue weighted by molar-refractivity contribution is 5.93. The summed E-state index contributed by atoms with van der Waals surface area (Å²) >= 11 is 0. The maximum absolute atomic E-state index is 12.2. The molecular formula is C15H19N3O2. The lowest BCUT2D eigenvalue weighted by Gasteiger charge is -2.32. The zero-order valence-corrected chi connectivity index (χ0v) is 11.4. The molecular weight excluding hydrogens is 254 g/mol. The second-order valence-electron chi connectivity index (χ2n) is 5.63. The van der Waals surface area contributed by atoms with Gasteiger partial charge in [-0.05, 0) is 37.8 Å². The van der Waals surface area contributed by atoms with Crippen molar-refractivity contribution in [2.24, 2.45) is 11.8 Å². The highest BCUT2D eigenvalue weighted by atomic mass is 16.2. The zero-order valence-electron chi connectivity index (χ0n) is 11.4. The number of nitrogens with zero attached hydrogens (tertiary/aromatic N) is 2. The van der Waals surface area contributed by atoms with Crippen molar-refractivity contribution in [2.75, 3.05) is 18.4 Å². The molecule has 2 amide bonds. The molecule has 5 nitrogen and oxygen atoms in total. The molecule has 0 bridgehead atoms. The number of nitrogens with one attached hydrogen (secondary N) is 1. The Morgan fingerprint density at radius 1 is 1.25 bits per heavy atom. The lowest BCUT2D eigenvalue weighted by molar-refractivity contribution is -0.135. The number of pyridine rings is 1. The van der Waals surface area contributed by atoms with Crippen LogP contribution in [0.15, 0.2) is 24.5 Å². The molecule has 1 aromatic rings. The topological polar surface area (TPSA) is 62.3 Å². The van der Waals surface area contributed by atoms with Gasteiger partial charge in [-0.25, -0.2) is 0 Å². The van der Waals surface area contributed by atoms with Crippen LogP contribution >= 0.6 is 0 Å². The Morgan fingerprint density at radius 2 is 2.10 bits per heavy atom. The minimum absolute atomic E-state index is 0.00806. The van der Waals surface area contributed by atoms with E-state index >= 15 is 0 Å². The first kappa shape index (κ1) is 13.1. The van der Waals surface area contributed by atoms with Crippen molar-refractivity contribution in [3.8, 4) is 0 Å². The Labute approximate surface area is 118 Å². The molecule has 106 valence electrons. The highest BCUT2D eigenvalue weighted by Gasteiger charge is 2.36. The molecule has 1 atom stereocenters. The van der Waals surface area contributed by atoms with Gasteiger partial charge in [0.05, 0.1) is 17.8 Å². The molecule has 1 aromatic heterocycles. The molecule has 0 aromatic carbocycles. The smallest absolute Gasteiger partial charge is 0.229 e. The van der Waals surface area contributed by atoms with Crippen molar-refractivity contribution in [3.05, 3.63) is 24.5 Å². The molecule has 0 radical (unpaired) electrons. The van der Waals surface area contributed by atoms with Gasteiger partial charge in [-0.1, -0.05) is 0 Å². The van der Waals surface area contributed by atoms with Gasteiger partial charge in [0.15, 0.2) is 0 Å². The van der Waals surface area contributed by atoms with Gasteiger partial charge in [0.2, 0.25) is 11.8 Å². The normalized spacial score (nSPS) is 22.4. The van der Waals surface area contributed by atoms with E-state index in [0.29, 0.717) is 12.2 Å². The van der Waals surface area contributed by atoms with Crippen molar-refractivity contribution < 1.29 is 9.59 Å². The second kappa shape index (κ2) is 5.61. The van der Waals surface area contributed by atoms with Gasteiger partial charge in [0, 0.05) is 25.2 Å². The molecule has 1 aliphatic heterocycles. The summed E-state index contributed by atoms with van der Waals surface area (Å²) in [6, 6.07) is 3.61. The fourth-order valence-corrected chi connectivity index (χ4v) is 2.66. The molecule has 0 unspecified atom stereocenters. The van der Waals surface area contributed by atoms with Gasteiger partial charge >= 0.3 is 0 Å². The predicted molar refractivity (Wildman–Crippen MR) is 74.9 cm³/mol. The second-order valence-corrected chi connectivity index (χ2v) is 5.63. The molecule has 1 N–H and O–H groups in total. The van der Waals surface area contributed by atoms with Crippen LogP contribution in [-0.4, -0.2) is 34.8 Å². The quantitative estimate of drug-likeness (QED) is 0.911. The molecule has 20 heavy (non-hydrogen) atoms. The van der Waals surface area contributed by atoms with E-state index in [1.54, 1.807) is 18.5 Å². The largest absolute Gasteiger partial charge is 0.342 e. The van der Waals surface area contributed by atoms with E-state index in [9.17, 15) is 9.59 Å². The van der Waals surface area contributed by atoms with Crippen molar-refractivity contribution in [2.45, 2.75) is 25.7 Å². The number of piperidine rings is 1. The third-order valence-corrected chi connectivity index (χ3v) is 3.96. The van der Waals surface area contributed by atoms with E-state index < -0.39 is 0 Å². The molecule has 3 rings (SSSR count). The third-order valence-electron chi connectivity index (χ3n) is 3.96. The van der Waals surface area contributed by atoms with Crippen LogP contribution in [0.4, 0.5) is 5.69 Å². The standard InChI is InChI=1S/C15H19N3O2/c19-14(17-13-4-1-7-16-9-13)12-3-2-8-18(10-12)15(20)11-5-6-11/h1,4,7,9,11-12H,2-3,5-6,8,10H2,(H,17,19)/t12-/m0/s1. The number of hydrogen-bond acceptors (Lipinski definition) is 3. The van der Waals surface area contributed by atoms with Crippen molar-refractivity contribution >= 4 is 17.5 Å². The molecule has 0 spiro atoms. The number of carbonyl (C=O) groups is 2. The first-order valence-electron chi connectivity index (χ1n) is 7.24.